The molecule has 6 nitrogen and oxygen atoms in total. The van der Waals surface area contributed by atoms with E-state index in [0.717, 1.165) is 22.3 Å². The van der Waals surface area contributed by atoms with Crippen LogP contribution in [0.15, 0.2) is 48.5 Å². The highest BCUT2D eigenvalue weighted by atomic mass is 16.3. The van der Waals surface area contributed by atoms with Gasteiger partial charge in [0.2, 0.25) is 11.8 Å². The third-order valence-corrected chi connectivity index (χ3v) is 4.76. The van der Waals surface area contributed by atoms with Crippen LogP contribution in [0.5, 0.6) is 5.75 Å². The average Bonchev–Trinajstić information content (AvgIpc) is 2.64. The number of phenolic OH excluding ortho intramolecular Hbond substituents is 1. The monoisotopic (exact) mass is 409 g/mol. The van der Waals surface area contributed by atoms with Crippen LogP contribution in [0.3, 0.4) is 0 Å². The molecular weight excluding hydrogens is 378 g/mol. The summed E-state index contributed by atoms with van der Waals surface area (Å²) in [5.74, 6) is -0.245. The van der Waals surface area contributed by atoms with Gasteiger partial charge in [-0.15, -0.1) is 0 Å². The summed E-state index contributed by atoms with van der Waals surface area (Å²) >= 11 is 0. The number of nitrogens with one attached hydrogen (secondary N) is 2. The number of benzene rings is 2. The summed E-state index contributed by atoms with van der Waals surface area (Å²) in [5, 5.41) is 15.4. The van der Waals surface area contributed by atoms with Gasteiger partial charge in [0, 0.05) is 25.1 Å². The zero-order valence-electron chi connectivity index (χ0n) is 18.0. The summed E-state index contributed by atoms with van der Waals surface area (Å²) in [5.41, 5.74) is 9.13. The predicted molar refractivity (Wildman–Crippen MR) is 120 cm³/mol. The van der Waals surface area contributed by atoms with Crippen LogP contribution in [0.1, 0.15) is 48.6 Å². The number of carbonyl (C=O) groups is 2. The van der Waals surface area contributed by atoms with Crippen LogP contribution in [0.2, 0.25) is 0 Å². The molecular formula is C24H31N3O3. The summed E-state index contributed by atoms with van der Waals surface area (Å²) < 4.78 is 0. The van der Waals surface area contributed by atoms with Crippen molar-refractivity contribution in [3.05, 3.63) is 70.8 Å². The van der Waals surface area contributed by atoms with Crippen molar-refractivity contribution in [1.82, 2.24) is 10.6 Å². The number of aryl methyl sites for hydroxylation is 2. The Morgan fingerprint density at radius 2 is 1.73 bits per heavy atom. The molecule has 0 radical (unpaired) electrons. The van der Waals surface area contributed by atoms with Gasteiger partial charge in [0.1, 0.15) is 5.75 Å². The fourth-order valence-corrected chi connectivity index (χ4v) is 3.41. The highest BCUT2D eigenvalue weighted by Crippen LogP contribution is 2.27. The Morgan fingerprint density at radius 1 is 1.13 bits per heavy atom. The number of nitrogens with two attached hydrogens (primary N) is 1. The van der Waals surface area contributed by atoms with E-state index >= 15 is 0 Å². The average molecular weight is 410 g/mol. The van der Waals surface area contributed by atoms with Crippen molar-refractivity contribution in [2.75, 3.05) is 6.54 Å². The Labute approximate surface area is 178 Å². The molecule has 0 aliphatic rings. The van der Waals surface area contributed by atoms with E-state index in [-0.39, 0.29) is 30.5 Å². The smallest absolute Gasteiger partial charge is 0.244 e. The van der Waals surface area contributed by atoms with Crippen LogP contribution >= 0.6 is 0 Å². The zero-order valence-corrected chi connectivity index (χ0v) is 18.0. The Bertz CT molecular complexity index is 898. The molecule has 0 heterocycles. The molecule has 2 amide bonds. The molecule has 0 aliphatic heterocycles. The van der Waals surface area contributed by atoms with Gasteiger partial charge in [-0.05, 0) is 68.2 Å². The molecule has 2 rings (SSSR count). The van der Waals surface area contributed by atoms with Gasteiger partial charge in [-0.2, -0.15) is 0 Å². The maximum Gasteiger partial charge on any atom is 0.244 e. The molecule has 0 spiro atoms. The van der Waals surface area contributed by atoms with Crippen LogP contribution in [0.25, 0.3) is 6.08 Å². The van der Waals surface area contributed by atoms with Crippen molar-refractivity contribution in [1.29, 1.82) is 0 Å². The minimum absolute atomic E-state index is 0.109. The minimum atomic E-state index is -0.633. The third kappa shape index (κ3) is 7.04. The second kappa shape index (κ2) is 10.1. The number of hydrogen-bond donors (Lipinski definition) is 4. The first-order valence-electron chi connectivity index (χ1n) is 9.95. The molecule has 2 aromatic carbocycles. The second-order valence-electron chi connectivity index (χ2n) is 8.20. The standard InChI is InChI=1S/C24H31N3O3/c1-16-12-19(28)13-17(2)23(16)20(25)14-22(30)27-24(3,4)15-26-21(29)11-10-18-8-6-5-7-9-18/h5-13,20,28H,14-15,25H2,1-4H3,(H,26,29)(H,27,30). The highest BCUT2D eigenvalue weighted by Gasteiger charge is 2.23. The van der Waals surface area contributed by atoms with Crippen molar-refractivity contribution in [2.24, 2.45) is 5.73 Å². The van der Waals surface area contributed by atoms with Gasteiger partial charge in [0.25, 0.3) is 0 Å². The Kier molecular flexibility index (Phi) is 7.78. The van der Waals surface area contributed by atoms with Crippen molar-refractivity contribution < 1.29 is 14.7 Å². The van der Waals surface area contributed by atoms with E-state index in [2.05, 4.69) is 10.6 Å². The number of carbonyl (C=O) groups excluding carboxylic acids is 2. The molecule has 0 aromatic heterocycles. The fraction of sp³-hybridized carbons (Fsp3) is 0.333. The highest BCUT2D eigenvalue weighted by molar-refractivity contribution is 5.91. The molecule has 1 unspecified atom stereocenters. The maximum absolute atomic E-state index is 12.5. The number of hydrogen-bond acceptors (Lipinski definition) is 4. The van der Waals surface area contributed by atoms with E-state index in [1.165, 1.54) is 6.08 Å². The van der Waals surface area contributed by atoms with Gasteiger partial charge in [-0.25, -0.2) is 0 Å². The Morgan fingerprint density at radius 3 is 2.33 bits per heavy atom. The lowest BCUT2D eigenvalue weighted by molar-refractivity contribution is -0.123. The predicted octanol–water partition coefficient (Wildman–Crippen LogP) is 3.12. The van der Waals surface area contributed by atoms with Gasteiger partial charge < -0.3 is 21.5 Å². The minimum Gasteiger partial charge on any atom is -0.508 e. The van der Waals surface area contributed by atoms with Crippen molar-refractivity contribution in [3.8, 4) is 5.75 Å². The van der Waals surface area contributed by atoms with Gasteiger partial charge in [-0.3, -0.25) is 9.59 Å². The first-order chi connectivity index (χ1) is 14.1. The van der Waals surface area contributed by atoms with Crippen molar-refractivity contribution in [3.63, 3.8) is 0 Å². The molecule has 160 valence electrons. The number of aromatic hydroxyl groups is 1. The SMILES string of the molecule is Cc1cc(O)cc(C)c1C(N)CC(=O)NC(C)(C)CNC(=O)C=Cc1ccccc1. The van der Waals surface area contributed by atoms with Crippen LogP contribution in [-0.2, 0) is 9.59 Å². The molecule has 6 heteroatoms. The molecule has 0 fully saturated rings. The molecule has 0 bridgehead atoms. The second-order valence-corrected chi connectivity index (χ2v) is 8.20. The summed E-state index contributed by atoms with van der Waals surface area (Å²) in [6.07, 6.45) is 3.32. The Hall–Kier alpha value is -3.12. The molecule has 0 aliphatic carbocycles. The van der Waals surface area contributed by atoms with E-state index in [9.17, 15) is 14.7 Å². The van der Waals surface area contributed by atoms with Crippen LogP contribution in [0.4, 0.5) is 0 Å². The summed E-state index contributed by atoms with van der Waals surface area (Å²) in [6.45, 7) is 7.69. The van der Waals surface area contributed by atoms with Gasteiger partial charge in [0.15, 0.2) is 0 Å². The molecule has 0 saturated carbocycles. The van der Waals surface area contributed by atoms with E-state index in [1.807, 2.05) is 58.0 Å². The molecule has 30 heavy (non-hydrogen) atoms. The van der Waals surface area contributed by atoms with Gasteiger partial charge >= 0.3 is 0 Å². The Balaban J connectivity index is 1.88. The van der Waals surface area contributed by atoms with E-state index < -0.39 is 11.6 Å². The molecule has 0 saturated heterocycles. The number of amides is 2. The van der Waals surface area contributed by atoms with E-state index in [4.69, 9.17) is 5.73 Å². The van der Waals surface area contributed by atoms with Crippen molar-refractivity contribution >= 4 is 17.9 Å². The van der Waals surface area contributed by atoms with E-state index in [0.29, 0.717) is 0 Å². The fourth-order valence-electron chi connectivity index (χ4n) is 3.41. The lowest BCUT2D eigenvalue weighted by Crippen LogP contribution is -2.51. The van der Waals surface area contributed by atoms with E-state index in [1.54, 1.807) is 18.2 Å². The quantitative estimate of drug-likeness (QED) is 0.503. The topological polar surface area (TPSA) is 104 Å². The molecule has 2 aromatic rings. The van der Waals surface area contributed by atoms with Crippen LogP contribution < -0.4 is 16.4 Å². The first kappa shape index (κ1) is 23.2. The van der Waals surface area contributed by atoms with Crippen LogP contribution in [0, 0.1) is 13.8 Å². The van der Waals surface area contributed by atoms with Gasteiger partial charge in [0.05, 0.1) is 5.54 Å². The first-order valence-corrected chi connectivity index (χ1v) is 9.95. The van der Waals surface area contributed by atoms with Crippen LogP contribution in [-0.4, -0.2) is 29.0 Å². The number of rotatable bonds is 8. The normalized spacial score (nSPS) is 12.6. The lowest BCUT2D eigenvalue weighted by Gasteiger charge is -2.27. The summed E-state index contributed by atoms with van der Waals surface area (Å²) in [4.78, 5) is 24.6. The lowest BCUT2D eigenvalue weighted by atomic mass is 9.93. The number of phenols is 1. The summed E-state index contributed by atoms with van der Waals surface area (Å²) in [6, 6.07) is 12.3. The maximum atomic E-state index is 12.5. The molecule has 5 N–H and O–H groups in total. The largest absolute Gasteiger partial charge is 0.508 e. The van der Waals surface area contributed by atoms with Crippen molar-refractivity contribution in [2.45, 2.75) is 45.7 Å². The third-order valence-electron chi connectivity index (χ3n) is 4.76. The molecule has 1 atom stereocenters. The van der Waals surface area contributed by atoms with Gasteiger partial charge in [-0.1, -0.05) is 30.3 Å². The zero-order chi connectivity index (χ0) is 22.3. The summed E-state index contributed by atoms with van der Waals surface area (Å²) in [7, 11) is 0.